The topological polar surface area (TPSA) is 78.5 Å². The highest BCUT2D eigenvalue weighted by molar-refractivity contribution is 7.99. The molecule has 0 saturated heterocycles. The number of imidazole rings is 1. The second kappa shape index (κ2) is 5.83. The van der Waals surface area contributed by atoms with E-state index < -0.39 is 0 Å². The Bertz CT molecular complexity index is 777. The molecule has 0 aliphatic heterocycles. The van der Waals surface area contributed by atoms with Crippen LogP contribution in [0.1, 0.15) is 5.56 Å². The highest BCUT2D eigenvalue weighted by Crippen LogP contribution is 2.34. The number of aromatic nitrogens is 2. The Morgan fingerprint density at radius 1 is 1.14 bits per heavy atom. The van der Waals surface area contributed by atoms with Crippen molar-refractivity contribution in [3.63, 3.8) is 0 Å². The lowest BCUT2D eigenvalue weighted by Crippen LogP contribution is -2.13. The van der Waals surface area contributed by atoms with Crippen molar-refractivity contribution < 1.29 is 0 Å². The van der Waals surface area contributed by atoms with Gasteiger partial charge in [0.05, 0.1) is 11.0 Å². The lowest BCUT2D eigenvalue weighted by atomic mass is 10.2. The summed E-state index contributed by atoms with van der Waals surface area (Å²) in [7, 11) is 0. The number of para-hydroxylation sites is 2. The van der Waals surface area contributed by atoms with E-state index in [9.17, 15) is 0 Å². The van der Waals surface area contributed by atoms with E-state index in [-0.39, 0.29) is 5.84 Å². The third-order valence-corrected chi connectivity index (χ3v) is 4.78. The molecule has 3 rings (SSSR count). The zero-order chi connectivity index (χ0) is 14.8. The third-order valence-electron chi connectivity index (χ3n) is 3.05. The Kier molecular flexibility index (Phi) is 3.90. The number of thioether (sulfide) groups is 1. The van der Waals surface area contributed by atoms with E-state index in [1.807, 2.05) is 48.7 Å². The summed E-state index contributed by atoms with van der Waals surface area (Å²) in [4.78, 5) is 9.78. The smallest absolute Gasteiger partial charge is 0.171 e. The monoisotopic (exact) mass is 314 g/mol. The molecule has 0 aliphatic rings. The minimum atomic E-state index is 0.0820. The van der Waals surface area contributed by atoms with Gasteiger partial charge >= 0.3 is 0 Å². The van der Waals surface area contributed by atoms with Crippen molar-refractivity contribution >= 4 is 40.4 Å². The fraction of sp³-hybridized carbons (Fsp3) is 0.0667. The van der Waals surface area contributed by atoms with Gasteiger partial charge in [-0.25, -0.2) is 4.98 Å². The first-order valence-electron chi connectivity index (χ1n) is 6.33. The molecule has 106 valence electrons. The van der Waals surface area contributed by atoms with E-state index in [2.05, 4.69) is 9.97 Å². The van der Waals surface area contributed by atoms with Crippen molar-refractivity contribution in [2.45, 2.75) is 14.9 Å². The van der Waals surface area contributed by atoms with Crippen LogP contribution in [0.3, 0.4) is 0 Å². The molecular formula is C15H14N4S2. The molecule has 0 spiro atoms. The van der Waals surface area contributed by atoms with Gasteiger partial charge in [-0.05, 0) is 30.5 Å². The first kappa shape index (κ1) is 14.0. The van der Waals surface area contributed by atoms with Crippen LogP contribution in [0, 0.1) is 5.41 Å². The summed E-state index contributed by atoms with van der Waals surface area (Å²) >= 11 is 3.09. The Labute approximate surface area is 131 Å². The van der Waals surface area contributed by atoms with Crippen LogP contribution in [0.4, 0.5) is 0 Å². The maximum atomic E-state index is 7.81. The fourth-order valence-electron chi connectivity index (χ4n) is 2.11. The molecule has 4 nitrogen and oxygen atoms in total. The molecular weight excluding hydrogens is 300 g/mol. The molecule has 2 aromatic carbocycles. The average molecular weight is 314 g/mol. The van der Waals surface area contributed by atoms with Crippen molar-refractivity contribution in [2.24, 2.45) is 5.73 Å². The van der Waals surface area contributed by atoms with E-state index in [0.717, 1.165) is 31.5 Å². The van der Waals surface area contributed by atoms with Gasteiger partial charge in [-0.1, -0.05) is 30.0 Å². The van der Waals surface area contributed by atoms with Crippen LogP contribution in [0.2, 0.25) is 0 Å². The number of nitrogen functional groups attached to an aromatic ring is 1. The highest BCUT2D eigenvalue weighted by atomic mass is 32.2. The molecule has 0 unspecified atom stereocenters. The van der Waals surface area contributed by atoms with Crippen molar-refractivity contribution in [3.8, 4) is 0 Å². The van der Waals surface area contributed by atoms with Crippen molar-refractivity contribution in [2.75, 3.05) is 6.26 Å². The summed E-state index contributed by atoms with van der Waals surface area (Å²) in [6, 6.07) is 13.8. The van der Waals surface area contributed by atoms with Crippen LogP contribution < -0.4 is 5.73 Å². The quantitative estimate of drug-likeness (QED) is 0.389. The number of hydrogen-bond donors (Lipinski definition) is 3. The second-order valence-electron chi connectivity index (χ2n) is 4.41. The molecule has 21 heavy (non-hydrogen) atoms. The van der Waals surface area contributed by atoms with Gasteiger partial charge in [-0.15, -0.1) is 11.8 Å². The molecule has 0 aliphatic carbocycles. The van der Waals surface area contributed by atoms with Crippen molar-refractivity contribution in [1.29, 1.82) is 5.41 Å². The molecule has 4 N–H and O–H groups in total. The van der Waals surface area contributed by atoms with Crippen LogP contribution in [0.15, 0.2) is 57.4 Å². The number of amidine groups is 1. The van der Waals surface area contributed by atoms with Gasteiger partial charge < -0.3 is 10.7 Å². The summed E-state index contributed by atoms with van der Waals surface area (Å²) in [5.74, 6) is 0.0820. The lowest BCUT2D eigenvalue weighted by molar-refractivity contribution is 1.08. The van der Waals surface area contributed by atoms with Gasteiger partial charge in [0.15, 0.2) is 5.16 Å². The summed E-state index contributed by atoms with van der Waals surface area (Å²) in [6.45, 7) is 0. The molecule has 0 radical (unpaired) electrons. The summed E-state index contributed by atoms with van der Waals surface area (Å²) in [5, 5.41) is 8.62. The number of nitrogens with two attached hydrogens (primary N) is 1. The number of H-pyrrole nitrogens is 1. The molecule has 1 aromatic heterocycles. The molecule has 0 atom stereocenters. The van der Waals surface area contributed by atoms with E-state index >= 15 is 0 Å². The van der Waals surface area contributed by atoms with Crippen LogP contribution in [-0.4, -0.2) is 22.1 Å². The normalized spacial score (nSPS) is 10.9. The Morgan fingerprint density at radius 3 is 2.62 bits per heavy atom. The van der Waals surface area contributed by atoms with Crippen LogP contribution in [0.5, 0.6) is 0 Å². The van der Waals surface area contributed by atoms with E-state index in [0.29, 0.717) is 0 Å². The average Bonchev–Trinajstić information content (AvgIpc) is 2.88. The Morgan fingerprint density at radius 2 is 1.90 bits per heavy atom. The number of rotatable bonds is 4. The first-order chi connectivity index (χ1) is 10.2. The number of hydrogen-bond acceptors (Lipinski definition) is 4. The Balaban J connectivity index is 2.03. The van der Waals surface area contributed by atoms with Gasteiger partial charge in [0, 0.05) is 15.4 Å². The van der Waals surface area contributed by atoms with Crippen LogP contribution in [-0.2, 0) is 0 Å². The highest BCUT2D eigenvalue weighted by Gasteiger charge is 2.13. The van der Waals surface area contributed by atoms with Crippen LogP contribution >= 0.6 is 23.5 Å². The van der Waals surface area contributed by atoms with Gasteiger partial charge in [-0.3, -0.25) is 5.41 Å². The number of aromatic amines is 1. The zero-order valence-corrected chi connectivity index (χ0v) is 13.0. The molecule has 0 bridgehead atoms. The van der Waals surface area contributed by atoms with Gasteiger partial charge in [0.25, 0.3) is 0 Å². The van der Waals surface area contributed by atoms with E-state index in [1.165, 1.54) is 11.8 Å². The molecule has 3 aromatic rings. The number of fused-ring (bicyclic) bond motifs is 1. The van der Waals surface area contributed by atoms with Gasteiger partial charge in [0.2, 0.25) is 0 Å². The third kappa shape index (κ3) is 2.77. The van der Waals surface area contributed by atoms with Gasteiger partial charge in [-0.2, -0.15) is 0 Å². The fourth-order valence-corrected chi connectivity index (χ4v) is 3.80. The number of nitrogens with one attached hydrogen (secondary N) is 2. The number of benzene rings is 2. The maximum Gasteiger partial charge on any atom is 0.171 e. The Hall–Kier alpha value is -1.92. The molecule has 0 fully saturated rings. The lowest BCUT2D eigenvalue weighted by Gasteiger charge is -2.10. The first-order valence-corrected chi connectivity index (χ1v) is 8.37. The molecule has 1 heterocycles. The second-order valence-corrected chi connectivity index (χ2v) is 6.29. The summed E-state index contributed by atoms with van der Waals surface area (Å²) < 4.78 is 0. The minimum absolute atomic E-state index is 0.0820. The summed E-state index contributed by atoms with van der Waals surface area (Å²) in [5.41, 5.74) is 8.46. The van der Waals surface area contributed by atoms with Crippen molar-refractivity contribution in [1.82, 2.24) is 9.97 Å². The SMILES string of the molecule is CSc1cccc(Sc2nc3ccccc3[nH]2)c1C(=N)N. The van der Waals surface area contributed by atoms with Gasteiger partial charge in [0.1, 0.15) is 5.84 Å². The predicted molar refractivity (Wildman–Crippen MR) is 89.5 cm³/mol. The predicted octanol–water partition coefficient (Wildman–Crippen LogP) is 3.72. The van der Waals surface area contributed by atoms with Crippen LogP contribution in [0.25, 0.3) is 11.0 Å². The van der Waals surface area contributed by atoms with E-state index in [4.69, 9.17) is 11.1 Å². The molecule has 6 heteroatoms. The minimum Gasteiger partial charge on any atom is -0.384 e. The van der Waals surface area contributed by atoms with Crippen molar-refractivity contribution in [3.05, 3.63) is 48.0 Å². The number of nitrogens with zero attached hydrogens (tertiary/aromatic N) is 1. The molecule has 0 amide bonds. The molecule has 0 saturated carbocycles. The standard InChI is InChI=1S/C15H14N4S2/c1-20-11-7-4-8-12(13(11)14(16)17)21-15-18-9-5-2-3-6-10(9)19-15/h2-8H,1H3,(H3,16,17)(H,18,19). The maximum absolute atomic E-state index is 7.81. The zero-order valence-electron chi connectivity index (χ0n) is 11.4. The van der Waals surface area contributed by atoms with E-state index in [1.54, 1.807) is 11.8 Å². The summed E-state index contributed by atoms with van der Waals surface area (Å²) in [6.07, 6.45) is 1.98. The largest absolute Gasteiger partial charge is 0.384 e.